The average molecular weight is 321 g/mol. The summed E-state index contributed by atoms with van der Waals surface area (Å²) in [5, 5.41) is 12.8. The molecule has 116 valence electrons. The highest BCUT2D eigenvalue weighted by atomic mass is 35.5. The predicted octanol–water partition coefficient (Wildman–Crippen LogP) is 0.943. The largest absolute Gasteiger partial charge is 0.337 e. The second-order valence-corrected chi connectivity index (χ2v) is 5.71. The molecule has 2 N–H and O–H groups in total. The summed E-state index contributed by atoms with van der Waals surface area (Å²) < 4.78 is 0. The maximum absolute atomic E-state index is 12.3. The van der Waals surface area contributed by atoms with Gasteiger partial charge in [0.05, 0.1) is 0 Å². The lowest BCUT2D eigenvalue weighted by Gasteiger charge is -2.22. The van der Waals surface area contributed by atoms with Gasteiger partial charge < -0.3 is 10.6 Å². The number of hydrogen-bond donors (Lipinski definition) is 1. The van der Waals surface area contributed by atoms with E-state index in [0.717, 1.165) is 24.9 Å². The number of carbonyl (C=O) groups is 1. The van der Waals surface area contributed by atoms with Crippen molar-refractivity contribution in [3.8, 4) is 11.4 Å². The van der Waals surface area contributed by atoms with Crippen LogP contribution in [0.1, 0.15) is 12.8 Å². The number of amides is 1. The lowest BCUT2D eigenvalue weighted by Crippen LogP contribution is -2.41. The maximum atomic E-state index is 12.3. The Balaban J connectivity index is 1.69. The summed E-state index contributed by atoms with van der Waals surface area (Å²) in [5.41, 5.74) is 6.50. The van der Waals surface area contributed by atoms with E-state index >= 15 is 0 Å². The second-order valence-electron chi connectivity index (χ2n) is 5.27. The van der Waals surface area contributed by atoms with Crippen molar-refractivity contribution in [3.05, 3.63) is 29.3 Å². The Morgan fingerprint density at radius 2 is 2.14 bits per heavy atom. The van der Waals surface area contributed by atoms with Crippen LogP contribution in [0.5, 0.6) is 0 Å². The van der Waals surface area contributed by atoms with E-state index in [2.05, 4.69) is 15.4 Å². The van der Waals surface area contributed by atoms with Gasteiger partial charge in [-0.05, 0) is 42.3 Å². The van der Waals surface area contributed by atoms with Gasteiger partial charge in [0, 0.05) is 29.7 Å². The molecule has 0 radical (unpaired) electrons. The van der Waals surface area contributed by atoms with Gasteiger partial charge >= 0.3 is 0 Å². The van der Waals surface area contributed by atoms with Crippen molar-refractivity contribution in [3.63, 3.8) is 0 Å². The highest BCUT2D eigenvalue weighted by Gasteiger charge is 2.27. The van der Waals surface area contributed by atoms with E-state index in [9.17, 15) is 4.79 Å². The molecule has 2 heterocycles. The van der Waals surface area contributed by atoms with Gasteiger partial charge in [0.1, 0.15) is 6.54 Å². The summed E-state index contributed by atoms with van der Waals surface area (Å²) in [7, 11) is 0. The molecule has 1 aliphatic rings. The smallest absolute Gasteiger partial charge is 0.246 e. The van der Waals surface area contributed by atoms with Crippen LogP contribution in [0.4, 0.5) is 0 Å². The fourth-order valence-electron chi connectivity index (χ4n) is 2.65. The van der Waals surface area contributed by atoms with Crippen molar-refractivity contribution < 1.29 is 4.79 Å². The zero-order valence-corrected chi connectivity index (χ0v) is 12.8. The van der Waals surface area contributed by atoms with Crippen LogP contribution >= 0.6 is 11.6 Å². The monoisotopic (exact) mass is 320 g/mol. The summed E-state index contributed by atoms with van der Waals surface area (Å²) >= 11 is 5.85. The summed E-state index contributed by atoms with van der Waals surface area (Å²) in [5.74, 6) is 0.453. The number of aromatic nitrogens is 4. The molecular formula is C14H17ClN6O. The van der Waals surface area contributed by atoms with Crippen molar-refractivity contribution >= 4 is 17.5 Å². The number of rotatable bonds is 4. The van der Waals surface area contributed by atoms with Gasteiger partial charge in [0.15, 0.2) is 0 Å². The molecule has 7 nitrogen and oxygen atoms in total. The van der Waals surface area contributed by atoms with E-state index in [4.69, 9.17) is 17.3 Å². The zero-order valence-electron chi connectivity index (χ0n) is 12.0. The predicted molar refractivity (Wildman–Crippen MR) is 82.1 cm³/mol. The molecule has 1 aromatic carbocycles. The van der Waals surface area contributed by atoms with Crippen molar-refractivity contribution in [1.29, 1.82) is 0 Å². The molecule has 0 saturated carbocycles. The summed E-state index contributed by atoms with van der Waals surface area (Å²) in [6.45, 7) is 1.32. The number of benzene rings is 1. The first-order valence-electron chi connectivity index (χ1n) is 7.20. The third-order valence-corrected chi connectivity index (χ3v) is 4.05. The number of carbonyl (C=O) groups excluding carboxylic acids is 1. The first kappa shape index (κ1) is 14.9. The molecule has 1 amide bonds. The number of likely N-dealkylation sites (tertiary alicyclic amines) is 1. The van der Waals surface area contributed by atoms with E-state index in [0.29, 0.717) is 17.4 Å². The molecular weight excluding hydrogens is 304 g/mol. The molecule has 8 heteroatoms. The zero-order chi connectivity index (χ0) is 15.5. The Labute approximate surface area is 133 Å². The number of nitrogens with two attached hydrogens (primary N) is 1. The Bertz CT molecular complexity index is 656. The topological polar surface area (TPSA) is 89.9 Å². The van der Waals surface area contributed by atoms with Crippen molar-refractivity contribution in [2.75, 3.05) is 13.1 Å². The van der Waals surface area contributed by atoms with Gasteiger partial charge in [-0.15, -0.1) is 10.2 Å². The summed E-state index contributed by atoms with van der Waals surface area (Å²) in [6.07, 6.45) is 1.96. The fourth-order valence-corrected chi connectivity index (χ4v) is 2.77. The molecule has 1 aromatic heterocycles. The first-order valence-corrected chi connectivity index (χ1v) is 7.58. The average Bonchev–Trinajstić information content (AvgIpc) is 3.16. The molecule has 1 fully saturated rings. The normalized spacial score (nSPS) is 17.9. The molecule has 0 bridgehead atoms. The molecule has 22 heavy (non-hydrogen) atoms. The second kappa shape index (κ2) is 6.41. The molecule has 3 rings (SSSR count). The van der Waals surface area contributed by atoms with Crippen LogP contribution in [0, 0.1) is 0 Å². The molecule has 2 aromatic rings. The van der Waals surface area contributed by atoms with Crippen molar-refractivity contribution in [2.24, 2.45) is 5.73 Å². The minimum absolute atomic E-state index is 0.0204. The highest BCUT2D eigenvalue weighted by molar-refractivity contribution is 6.30. The number of tetrazole rings is 1. The Morgan fingerprint density at radius 3 is 2.86 bits per heavy atom. The van der Waals surface area contributed by atoms with Crippen molar-refractivity contribution in [2.45, 2.75) is 25.4 Å². The third-order valence-electron chi connectivity index (χ3n) is 3.80. The van der Waals surface area contributed by atoms with E-state index < -0.39 is 0 Å². The van der Waals surface area contributed by atoms with Gasteiger partial charge in [0.2, 0.25) is 11.7 Å². The minimum atomic E-state index is -0.0204. The van der Waals surface area contributed by atoms with E-state index in [1.54, 1.807) is 12.1 Å². The van der Waals surface area contributed by atoms with Crippen LogP contribution in [0.2, 0.25) is 5.02 Å². The Morgan fingerprint density at radius 1 is 1.36 bits per heavy atom. The van der Waals surface area contributed by atoms with E-state index in [1.807, 2.05) is 17.0 Å². The van der Waals surface area contributed by atoms with Crippen LogP contribution in [0.25, 0.3) is 11.4 Å². The van der Waals surface area contributed by atoms with Gasteiger partial charge in [-0.3, -0.25) is 4.79 Å². The highest BCUT2D eigenvalue weighted by Crippen LogP contribution is 2.18. The summed E-state index contributed by atoms with van der Waals surface area (Å²) in [4.78, 5) is 15.4. The van der Waals surface area contributed by atoms with Crippen LogP contribution < -0.4 is 5.73 Å². The molecule has 0 aliphatic carbocycles. The van der Waals surface area contributed by atoms with E-state index in [1.165, 1.54) is 4.80 Å². The van der Waals surface area contributed by atoms with Gasteiger partial charge in [-0.1, -0.05) is 11.6 Å². The van der Waals surface area contributed by atoms with Crippen LogP contribution in [-0.2, 0) is 11.3 Å². The molecule has 1 unspecified atom stereocenters. The Kier molecular flexibility index (Phi) is 4.35. The Hall–Kier alpha value is -1.99. The van der Waals surface area contributed by atoms with Crippen LogP contribution in [0.15, 0.2) is 24.3 Å². The maximum Gasteiger partial charge on any atom is 0.246 e. The number of halogens is 1. The molecule has 1 aliphatic heterocycles. The third kappa shape index (κ3) is 3.10. The van der Waals surface area contributed by atoms with Gasteiger partial charge in [0.25, 0.3) is 0 Å². The number of nitrogens with zero attached hydrogens (tertiary/aromatic N) is 5. The lowest BCUT2D eigenvalue weighted by atomic mass is 10.2. The molecule has 1 saturated heterocycles. The fraction of sp³-hybridized carbons (Fsp3) is 0.429. The van der Waals surface area contributed by atoms with Gasteiger partial charge in [-0.25, -0.2) is 0 Å². The standard InChI is InChI=1S/C14H17ClN6O/c15-11-5-3-10(4-6-11)14-17-19-21(18-14)9-13(22)20-7-1-2-12(20)8-16/h3-6,12H,1-2,7-9,16H2. The SMILES string of the molecule is NCC1CCCN1C(=O)Cn1nnc(-c2ccc(Cl)cc2)n1. The lowest BCUT2D eigenvalue weighted by molar-refractivity contribution is -0.132. The summed E-state index contributed by atoms with van der Waals surface area (Å²) in [6, 6.07) is 7.29. The van der Waals surface area contributed by atoms with Gasteiger partial charge in [-0.2, -0.15) is 4.80 Å². The minimum Gasteiger partial charge on any atom is -0.337 e. The molecule has 1 atom stereocenters. The quantitative estimate of drug-likeness (QED) is 0.905. The molecule has 0 spiro atoms. The first-order chi connectivity index (χ1) is 10.7. The number of hydrogen-bond acceptors (Lipinski definition) is 5. The van der Waals surface area contributed by atoms with Crippen molar-refractivity contribution in [1.82, 2.24) is 25.1 Å². The van der Waals surface area contributed by atoms with Crippen LogP contribution in [-0.4, -0.2) is 50.1 Å². The van der Waals surface area contributed by atoms with E-state index in [-0.39, 0.29) is 18.5 Å². The van der Waals surface area contributed by atoms with Crippen LogP contribution in [0.3, 0.4) is 0 Å².